The monoisotopic (exact) mass is 244 g/mol. The molecule has 0 aliphatic carbocycles. The van der Waals surface area contributed by atoms with Crippen LogP contribution in [0.1, 0.15) is 12.0 Å². The fourth-order valence-corrected chi connectivity index (χ4v) is 1.64. The summed E-state index contributed by atoms with van der Waals surface area (Å²) in [6.45, 7) is 1.04. The summed E-state index contributed by atoms with van der Waals surface area (Å²) in [6, 6.07) is 10.0. The maximum Gasteiger partial charge on any atom is 0.225 e. The molecule has 0 bridgehead atoms. The fourth-order valence-electron chi connectivity index (χ4n) is 1.64. The average molecular weight is 244 g/mol. The number of nitrogens with one attached hydrogen (secondary N) is 1. The van der Waals surface area contributed by atoms with Crippen LogP contribution in [0.25, 0.3) is 0 Å². The van der Waals surface area contributed by atoms with Crippen LogP contribution < -0.4 is 11.1 Å². The Morgan fingerprint density at radius 2 is 2.11 bits per heavy atom. The zero-order chi connectivity index (χ0) is 12.8. The fraction of sp³-hybridized carbons (Fsp3) is 0.231. The van der Waals surface area contributed by atoms with E-state index in [9.17, 15) is 4.79 Å². The van der Waals surface area contributed by atoms with Crippen LogP contribution in [0.2, 0.25) is 0 Å². The lowest BCUT2D eigenvalue weighted by Crippen LogP contribution is -2.15. The first-order valence-corrected chi connectivity index (χ1v) is 5.84. The van der Waals surface area contributed by atoms with Crippen molar-refractivity contribution in [1.82, 2.24) is 9.78 Å². The highest BCUT2D eigenvalue weighted by Gasteiger charge is 2.03. The number of hydrogen-bond donors (Lipinski definition) is 2. The van der Waals surface area contributed by atoms with E-state index in [-0.39, 0.29) is 5.91 Å². The van der Waals surface area contributed by atoms with Gasteiger partial charge in [0.1, 0.15) is 0 Å². The van der Waals surface area contributed by atoms with Gasteiger partial charge in [-0.1, -0.05) is 30.3 Å². The normalized spacial score (nSPS) is 10.3. The molecule has 5 heteroatoms. The highest BCUT2D eigenvalue weighted by atomic mass is 16.1. The minimum Gasteiger partial charge on any atom is -0.330 e. The Morgan fingerprint density at radius 1 is 1.33 bits per heavy atom. The molecular weight excluding hydrogens is 228 g/mol. The molecule has 94 valence electrons. The second-order valence-electron chi connectivity index (χ2n) is 4.00. The highest BCUT2D eigenvalue weighted by Crippen LogP contribution is 2.08. The second kappa shape index (κ2) is 5.97. The summed E-state index contributed by atoms with van der Waals surface area (Å²) in [5.74, 6) is -0.0863. The van der Waals surface area contributed by atoms with E-state index < -0.39 is 0 Å². The molecule has 0 aliphatic heterocycles. The van der Waals surface area contributed by atoms with Gasteiger partial charge in [-0.15, -0.1) is 0 Å². The van der Waals surface area contributed by atoms with Crippen molar-refractivity contribution < 1.29 is 4.79 Å². The summed E-state index contributed by atoms with van der Waals surface area (Å²) < 4.78 is 1.79. The number of anilines is 1. The van der Waals surface area contributed by atoms with Gasteiger partial charge in [0, 0.05) is 19.2 Å². The molecule has 0 spiro atoms. The molecule has 0 saturated carbocycles. The van der Waals surface area contributed by atoms with Gasteiger partial charge in [-0.3, -0.25) is 9.48 Å². The third-order valence-corrected chi connectivity index (χ3v) is 2.48. The number of carbonyl (C=O) groups is 1. The van der Waals surface area contributed by atoms with Crippen molar-refractivity contribution in [3.05, 3.63) is 48.3 Å². The summed E-state index contributed by atoms with van der Waals surface area (Å²) in [6.07, 6.45) is 3.77. The first-order chi connectivity index (χ1) is 8.78. The molecule has 0 saturated heterocycles. The van der Waals surface area contributed by atoms with Crippen LogP contribution in [0.3, 0.4) is 0 Å². The maximum atomic E-state index is 11.4. The van der Waals surface area contributed by atoms with Crippen LogP contribution in [0.15, 0.2) is 42.7 Å². The van der Waals surface area contributed by atoms with E-state index in [1.807, 2.05) is 30.3 Å². The molecule has 2 aromatic rings. The zero-order valence-electron chi connectivity index (χ0n) is 10.0. The molecule has 1 aromatic heterocycles. The Labute approximate surface area is 106 Å². The van der Waals surface area contributed by atoms with Gasteiger partial charge in [-0.25, -0.2) is 0 Å². The molecule has 18 heavy (non-hydrogen) atoms. The van der Waals surface area contributed by atoms with Crippen molar-refractivity contribution in [2.75, 3.05) is 11.9 Å². The van der Waals surface area contributed by atoms with Gasteiger partial charge in [0.15, 0.2) is 0 Å². The quantitative estimate of drug-likeness (QED) is 0.830. The van der Waals surface area contributed by atoms with Crippen molar-refractivity contribution in [1.29, 1.82) is 0 Å². The molecule has 0 unspecified atom stereocenters. The summed E-state index contributed by atoms with van der Waals surface area (Å²) in [4.78, 5) is 11.4. The molecule has 0 atom stereocenters. The topological polar surface area (TPSA) is 72.9 Å². The predicted molar refractivity (Wildman–Crippen MR) is 70.1 cm³/mol. The van der Waals surface area contributed by atoms with Crippen molar-refractivity contribution in [3.8, 4) is 0 Å². The molecule has 0 aliphatic rings. The van der Waals surface area contributed by atoms with Gasteiger partial charge >= 0.3 is 0 Å². The number of rotatable bonds is 5. The largest absolute Gasteiger partial charge is 0.330 e. The van der Waals surface area contributed by atoms with E-state index >= 15 is 0 Å². The van der Waals surface area contributed by atoms with Crippen molar-refractivity contribution in [2.24, 2.45) is 5.73 Å². The number of aromatic nitrogens is 2. The van der Waals surface area contributed by atoms with E-state index in [0.29, 0.717) is 25.2 Å². The Kier molecular flexibility index (Phi) is 4.09. The number of amides is 1. The lowest BCUT2D eigenvalue weighted by Gasteiger charge is -2.01. The maximum absolute atomic E-state index is 11.4. The average Bonchev–Trinajstić information content (AvgIpc) is 2.78. The Hall–Kier alpha value is -2.14. The van der Waals surface area contributed by atoms with Crippen LogP contribution in [-0.2, 0) is 11.3 Å². The number of carbonyl (C=O) groups excluding carboxylic acids is 1. The van der Waals surface area contributed by atoms with Crippen LogP contribution in [0.5, 0.6) is 0 Å². The first-order valence-electron chi connectivity index (χ1n) is 5.84. The highest BCUT2D eigenvalue weighted by molar-refractivity contribution is 5.90. The third kappa shape index (κ3) is 3.43. The van der Waals surface area contributed by atoms with Gasteiger partial charge in [-0.05, 0) is 5.56 Å². The Morgan fingerprint density at radius 3 is 2.83 bits per heavy atom. The van der Waals surface area contributed by atoms with E-state index in [4.69, 9.17) is 5.73 Å². The Bertz CT molecular complexity index is 507. The number of nitrogens with zero attached hydrogens (tertiary/aromatic N) is 2. The van der Waals surface area contributed by atoms with Crippen LogP contribution in [0, 0.1) is 0 Å². The minimum absolute atomic E-state index is 0.0863. The lowest BCUT2D eigenvalue weighted by atomic mass is 10.2. The summed E-state index contributed by atoms with van der Waals surface area (Å²) in [5.41, 5.74) is 7.17. The van der Waals surface area contributed by atoms with Gasteiger partial charge in [0.2, 0.25) is 5.91 Å². The van der Waals surface area contributed by atoms with Crippen LogP contribution in [-0.4, -0.2) is 22.2 Å². The van der Waals surface area contributed by atoms with Gasteiger partial charge in [-0.2, -0.15) is 5.10 Å². The smallest absolute Gasteiger partial charge is 0.225 e. The number of hydrogen-bond acceptors (Lipinski definition) is 3. The van der Waals surface area contributed by atoms with Gasteiger partial charge < -0.3 is 11.1 Å². The molecule has 5 nitrogen and oxygen atoms in total. The summed E-state index contributed by atoms with van der Waals surface area (Å²) in [7, 11) is 0. The summed E-state index contributed by atoms with van der Waals surface area (Å²) in [5, 5.41) is 6.94. The van der Waals surface area contributed by atoms with E-state index in [1.54, 1.807) is 17.1 Å². The van der Waals surface area contributed by atoms with Gasteiger partial charge in [0.05, 0.1) is 18.4 Å². The van der Waals surface area contributed by atoms with Crippen LogP contribution >= 0.6 is 0 Å². The zero-order valence-corrected chi connectivity index (χ0v) is 10.0. The number of nitrogens with two attached hydrogens (primary N) is 1. The molecule has 2 rings (SSSR count). The Balaban J connectivity index is 1.96. The van der Waals surface area contributed by atoms with Crippen molar-refractivity contribution in [3.63, 3.8) is 0 Å². The van der Waals surface area contributed by atoms with Gasteiger partial charge in [0.25, 0.3) is 0 Å². The third-order valence-electron chi connectivity index (χ3n) is 2.48. The van der Waals surface area contributed by atoms with E-state index in [2.05, 4.69) is 10.4 Å². The standard InChI is InChI=1S/C13H16N4O/c14-7-6-13(18)16-12-8-15-17(10-12)9-11-4-2-1-3-5-11/h1-5,8,10H,6-7,9,14H2,(H,16,18). The lowest BCUT2D eigenvalue weighted by molar-refractivity contribution is -0.116. The van der Waals surface area contributed by atoms with E-state index in [1.165, 1.54) is 5.56 Å². The SMILES string of the molecule is NCCC(=O)Nc1cnn(Cc2ccccc2)c1. The molecule has 1 heterocycles. The molecule has 1 aromatic carbocycles. The van der Waals surface area contributed by atoms with Crippen molar-refractivity contribution in [2.45, 2.75) is 13.0 Å². The number of benzene rings is 1. The predicted octanol–water partition coefficient (Wildman–Crippen LogP) is 1.22. The molecular formula is C13H16N4O. The van der Waals surface area contributed by atoms with Crippen molar-refractivity contribution >= 4 is 11.6 Å². The molecule has 0 radical (unpaired) electrons. The molecule has 3 N–H and O–H groups in total. The minimum atomic E-state index is -0.0863. The molecule has 0 fully saturated rings. The van der Waals surface area contributed by atoms with E-state index in [0.717, 1.165) is 0 Å². The van der Waals surface area contributed by atoms with Crippen LogP contribution in [0.4, 0.5) is 5.69 Å². The summed E-state index contributed by atoms with van der Waals surface area (Å²) >= 11 is 0. The molecule has 1 amide bonds. The first kappa shape index (κ1) is 12.3. The second-order valence-corrected chi connectivity index (χ2v) is 4.00.